The molecule has 20 heavy (non-hydrogen) atoms. The SMILES string of the molecule is Cc1ccc2[nH]c3cc(C(=O)OC(N)=O)ccc3c2c1. The van der Waals surface area contributed by atoms with Crippen LogP contribution in [0.25, 0.3) is 21.8 Å². The van der Waals surface area contributed by atoms with Gasteiger partial charge < -0.3 is 15.5 Å². The number of hydrogen-bond donors (Lipinski definition) is 2. The van der Waals surface area contributed by atoms with Crippen molar-refractivity contribution in [2.24, 2.45) is 5.73 Å². The maximum absolute atomic E-state index is 11.6. The predicted molar refractivity (Wildman–Crippen MR) is 75.5 cm³/mol. The smallest absolute Gasteiger partial charge is 0.373 e. The number of carbonyl (C=O) groups is 2. The number of fused-ring (bicyclic) bond motifs is 3. The monoisotopic (exact) mass is 268 g/mol. The molecule has 0 unspecified atom stereocenters. The Balaban J connectivity index is 2.14. The molecular weight excluding hydrogens is 256 g/mol. The summed E-state index contributed by atoms with van der Waals surface area (Å²) in [7, 11) is 0. The molecule has 100 valence electrons. The average molecular weight is 268 g/mol. The third-order valence-electron chi connectivity index (χ3n) is 3.18. The van der Waals surface area contributed by atoms with Gasteiger partial charge in [0.2, 0.25) is 0 Å². The summed E-state index contributed by atoms with van der Waals surface area (Å²) >= 11 is 0. The van der Waals surface area contributed by atoms with Crippen molar-refractivity contribution in [1.82, 2.24) is 4.98 Å². The van der Waals surface area contributed by atoms with E-state index in [4.69, 9.17) is 5.73 Å². The second-order valence-electron chi connectivity index (χ2n) is 4.64. The lowest BCUT2D eigenvalue weighted by Crippen LogP contribution is -2.18. The fourth-order valence-electron chi connectivity index (χ4n) is 2.29. The number of amides is 1. The Kier molecular flexibility index (Phi) is 2.68. The normalized spacial score (nSPS) is 10.8. The number of carbonyl (C=O) groups excluding carboxylic acids is 2. The summed E-state index contributed by atoms with van der Waals surface area (Å²) in [5.74, 6) is -0.755. The van der Waals surface area contributed by atoms with Gasteiger partial charge in [-0.3, -0.25) is 0 Å². The van der Waals surface area contributed by atoms with E-state index >= 15 is 0 Å². The second-order valence-corrected chi connectivity index (χ2v) is 4.64. The number of esters is 1. The highest BCUT2D eigenvalue weighted by molar-refractivity contribution is 6.09. The van der Waals surface area contributed by atoms with Gasteiger partial charge in [0.05, 0.1) is 5.56 Å². The van der Waals surface area contributed by atoms with Crippen LogP contribution in [0.2, 0.25) is 0 Å². The molecule has 0 fully saturated rings. The number of nitrogens with one attached hydrogen (secondary N) is 1. The molecule has 0 atom stereocenters. The minimum Gasteiger partial charge on any atom is -0.373 e. The third-order valence-corrected chi connectivity index (χ3v) is 3.18. The molecule has 0 bridgehead atoms. The molecule has 0 saturated heterocycles. The number of primary amides is 1. The van der Waals surface area contributed by atoms with E-state index in [1.807, 2.05) is 25.1 Å². The molecule has 1 aromatic heterocycles. The van der Waals surface area contributed by atoms with Gasteiger partial charge in [0.25, 0.3) is 0 Å². The highest BCUT2D eigenvalue weighted by Gasteiger charge is 2.12. The summed E-state index contributed by atoms with van der Waals surface area (Å²) in [6.45, 7) is 2.02. The Morgan fingerprint density at radius 1 is 1.05 bits per heavy atom. The van der Waals surface area contributed by atoms with Gasteiger partial charge in [-0.1, -0.05) is 17.7 Å². The Morgan fingerprint density at radius 2 is 1.85 bits per heavy atom. The van der Waals surface area contributed by atoms with Crippen molar-refractivity contribution in [2.45, 2.75) is 6.92 Å². The molecule has 0 radical (unpaired) electrons. The number of nitrogens with two attached hydrogens (primary N) is 1. The van der Waals surface area contributed by atoms with Gasteiger partial charge >= 0.3 is 12.1 Å². The summed E-state index contributed by atoms with van der Waals surface area (Å²) in [6, 6.07) is 11.2. The Morgan fingerprint density at radius 3 is 2.60 bits per heavy atom. The lowest BCUT2D eigenvalue weighted by Gasteiger charge is -2.00. The van der Waals surface area contributed by atoms with Gasteiger partial charge in [-0.05, 0) is 31.2 Å². The Hall–Kier alpha value is -2.82. The van der Waals surface area contributed by atoms with Crippen LogP contribution in [0.5, 0.6) is 0 Å². The van der Waals surface area contributed by atoms with Crippen molar-refractivity contribution < 1.29 is 14.3 Å². The first-order valence-corrected chi connectivity index (χ1v) is 6.08. The molecule has 2 aromatic carbocycles. The molecular formula is C15H12N2O3. The van der Waals surface area contributed by atoms with Gasteiger partial charge in [0, 0.05) is 21.8 Å². The van der Waals surface area contributed by atoms with E-state index in [1.165, 1.54) is 0 Å². The molecule has 5 heteroatoms. The number of aromatic amines is 1. The Bertz CT molecular complexity index is 849. The van der Waals surface area contributed by atoms with Gasteiger partial charge in [-0.2, -0.15) is 0 Å². The minimum absolute atomic E-state index is 0.277. The first-order valence-electron chi connectivity index (χ1n) is 6.08. The average Bonchev–Trinajstić information content (AvgIpc) is 2.75. The van der Waals surface area contributed by atoms with Crippen LogP contribution in [-0.4, -0.2) is 17.0 Å². The predicted octanol–water partition coefficient (Wildman–Crippen LogP) is 2.87. The zero-order valence-corrected chi connectivity index (χ0v) is 10.8. The number of ether oxygens (including phenoxy) is 1. The number of aryl methyl sites for hydroxylation is 1. The van der Waals surface area contributed by atoms with Crippen LogP contribution in [-0.2, 0) is 4.74 Å². The largest absolute Gasteiger partial charge is 0.412 e. The molecule has 3 rings (SSSR count). The van der Waals surface area contributed by atoms with Crippen molar-refractivity contribution >= 4 is 33.9 Å². The lowest BCUT2D eigenvalue weighted by atomic mass is 10.1. The minimum atomic E-state index is -1.11. The number of H-pyrrole nitrogens is 1. The summed E-state index contributed by atoms with van der Waals surface area (Å²) in [5.41, 5.74) is 8.07. The molecule has 3 N–H and O–H groups in total. The van der Waals surface area contributed by atoms with E-state index in [-0.39, 0.29) is 5.56 Å². The van der Waals surface area contributed by atoms with Gasteiger partial charge in [-0.15, -0.1) is 0 Å². The van der Waals surface area contributed by atoms with Crippen LogP contribution in [0.3, 0.4) is 0 Å². The fraction of sp³-hybridized carbons (Fsp3) is 0.0667. The number of aromatic nitrogens is 1. The van der Waals surface area contributed by atoms with E-state index in [0.29, 0.717) is 0 Å². The van der Waals surface area contributed by atoms with E-state index in [2.05, 4.69) is 15.8 Å². The lowest BCUT2D eigenvalue weighted by molar-refractivity contribution is 0.0638. The second kappa shape index (κ2) is 4.38. The van der Waals surface area contributed by atoms with Gasteiger partial charge in [-0.25, -0.2) is 9.59 Å². The number of hydrogen-bond acceptors (Lipinski definition) is 3. The summed E-state index contributed by atoms with van der Waals surface area (Å²) < 4.78 is 4.36. The quantitative estimate of drug-likeness (QED) is 0.525. The van der Waals surface area contributed by atoms with Crippen LogP contribution in [0.1, 0.15) is 15.9 Å². The van der Waals surface area contributed by atoms with Crippen LogP contribution >= 0.6 is 0 Å². The van der Waals surface area contributed by atoms with Crippen molar-refractivity contribution in [3.63, 3.8) is 0 Å². The molecule has 1 heterocycles. The molecule has 0 saturated carbocycles. The molecule has 0 spiro atoms. The van der Waals surface area contributed by atoms with E-state index in [0.717, 1.165) is 27.4 Å². The van der Waals surface area contributed by atoms with Crippen molar-refractivity contribution in [1.29, 1.82) is 0 Å². The van der Waals surface area contributed by atoms with E-state index in [9.17, 15) is 9.59 Å². The molecule has 3 aromatic rings. The van der Waals surface area contributed by atoms with Crippen LogP contribution < -0.4 is 5.73 Å². The molecule has 5 nitrogen and oxygen atoms in total. The summed E-state index contributed by atoms with van der Waals surface area (Å²) in [4.78, 5) is 25.5. The first kappa shape index (κ1) is 12.2. The maximum atomic E-state index is 11.6. The standard InChI is InChI=1S/C15H12N2O3/c1-8-2-5-12-11(6-8)10-4-3-9(7-13(10)17-12)14(18)20-15(16)19/h2-7,17H,1H3,(H2,16,19). The molecule has 0 aliphatic heterocycles. The summed E-state index contributed by atoms with van der Waals surface area (Å²) in [5, 5.41) is 2.11. The first-order chi connectivity index (χ1) is 9.54. The highest BCUT2D eigenvalue weighted by Crippen LogP contribution is 2.27. The zero-order valence-electron chi connectivity index (χ0n) is 10.8. The van der Waals surface area contributed by atoms with Crippen molar-refractivity contribution in [3.05, 3.63) is 47.5 Å². The summed E-state index contributed by atoms with van der Waals surface area (Å²) in [6.07, 6.45) is -1.11. The number of benzene rings is 2. The number of rotatable bonds is 1. The highest BCUT2D eigenvalue weighted by atomic mass is 16.6. The molecule has 1 amide bonds. The van der Waals surface area contributed by atoms with Gasteiger partial charge in [0.15, 0.2) is 0 Å². The van der Waals surface area contributed by atoms with Crippen LogP contribution in [0.15, 0.2) is 36.4 Å². The van der Waals surface area contributed by atoms with E-state index in [1.54, 1.807) is 12.1 Å². The Labute approximate surface area is 114 Å². The topological polar surface area (TPSA) is 85.2 Å². The van der Waals surface area contributed by atoms with Crippen LogP contribution in [0.4, 0.5) is 4.79 Å². The van der Waals surface area contributed by atoms with E-state index < -0.39 is 12.1 Å². The van der Waals surface area contributed by atoms with Crippen molar-refractivity contribution in [3.8, 4) is 0 Å². The van der Waals surface area contributed by atoms with Crippen molar-refractivity contribution in [2.75, 3.05) is 0 Å². The van der Waals surface area contributed by atoms with Crippen LogP contribution in [0, 0.1) is 6.92 Å². The molecule has 0 aliphatic rings. The zero-order chi connectivity index (χ0) is 14.3. The molecule has 0 aliphatic carbocycles. The van der Waals surface area contributed by atoms with Gasteiger partial charge in [0.1, 0.15) is 0 Å². The maximum Gasteiger partial charge on any atom is 0.412 e. The fourth-order valence-corrected chi connectivity index (χ4v) is 2.29. The third kappa shape index (κ3) is 1.99.